The van der Waals surface area contributed by atoms with E-state index in [9.17, 15) is 0 Å². The van der Waals surface area contributed by atoms with Gasteiger partial charge in [0.25, 0.3) is 0 Å². The Morgan fingerprint density at radius 2 is 0.559 bits per heavy atom. The fourth-order valence-electron chi connectivity index (χ4n) is 12.6. The van der Waals surface area contributed by atoms with Crippen LogP contribution in [0.5, 0.6) is 0 Å². The molecule has 314 valence electrons. The number of anilines is 3. The third kappa shape index (κ3) is 5.05. The summed E-state index contributed by atoms with van der Waals surface area (Å²) in [5.74, 6) is 0. The van der Waals surface area contributed by atoms with Crippen molar-refractivity contribution in [2.24, 2.45) is 0 Å². The summed E-state index contributed by atoms with van der Waals surface area (Å²) >= 11 is 0. The van der Waals surface area contributed by atoms with Gasteiger partial charge in [0.2, 0.25) is 0 Å². The minimum absolute atomic E-state index is 0.679. The van der Waals surface area contributed by atoms with Crippen LogP contribution in [0.3, 0.4) is 0 Å². The van der Waals surface area contributed by atoms with Gasteiger partial charge in [-0.1, -0.05) is 206 Å². The van der Waals surface area contributed by atoms with Gasteiger partial charge in [-0.15, -0.1) is 0 Å². The van der Waals surface area contributed by atoms with Crippen molar-refractivity contribution in [3.8, 4) is 33.4 Å². The molecule has 0 N–H and O–H groups in total. The molecule has 68 heavy (non-hydrogen) atoms. The van der Waals surface area contributed by atoms with Crippen LogP contribution in [0.25, 0.3) is 98.0 Å². The van der Waals surface area contributed by atoms with Gasteiger partial charge in [0.15, 0.2) is 0 Å². The first-order valence-electron chi connectivity index (χ1n) is 23.7. The molecular weight excluding hydrogens is 819 g/mol. The van der Waals surface area contributed by atoms with Gasteiger partial charge in [-0.05, 0) is 152 Å². The Kier molecular flexibility index (Phi) is 7.77. The zero-order chi connectivity index (χ0) is 44.5. The summed E-state index contributed by atoms with van der Waals surface area (Å²) in [6.45, 7) is 0. The summed E-state index contributed by atoms with van der Waals surface area (Å²) in [7, 11) is 0. The van der Waals surface area contributed by atoms with Crippen molar-refractivity contribution < 1.29 is 0 Å². The molecule has 1 heterocycles. The summed E-state index contributed by atoms with van der Waals surface area (Å²) in [6, 6.07) is 93.7. The molecule has 1 spiro atoms. The quantitative estimate of drug-likeness (QED) is 0.160. The first-order chi connectivity index (χ1) is 33.7. The molecule has 0 saturated carbocycles. The number of hydrogen-bond acceptors (Lipinski definition) is 1. The van der Waals surface area contributed by atoms with Gasteiger partial charge in [0.1, 0.15) is 0 Å². The molecule has 13 aromatic carbocycles. The molecule has 0 saturated heterocycles. The minimum Gasteiger partial charge on any atom is -0.309 e. The Hall–Kier alpha value is -8.78. The van der Waals surface area contributed by atoms with E-state index in [-0.39, 0.29) is 0 Å². The number of rotatable bonds is 3. The molecule has 1 aliphatic heterocycles. The first kappa shape index (κ1) is 37.4. The topological polar surface area (TPSA) is 3.24 Å². The van der Waals surface area contributed by atoms with Crippen molar-refractivity contribution in [2.75, 3.05) is 4.90 Å². The second kappa shape index (κ2) is 14.1. The van der Waals surface area contributed by atoms with Crippen molar-refractivity contribution in [1.29, 1.82) is 0 Å². The predicted molar refractivity (Wildman–Crippen MR) is 288 cm³/mol. The van der Waals surface area contributed by atoms with Crippen molar-refractivity contribution in [1.82, 2.24) is 0 Å². The van der Waals surface area contributed by atoms with E-state index < -0.39 is 5.41 Å². The fraction of sp³-hybridized carbons (Fsp3) is 0.0149. The molecule has 0 amide bonds. The van der Waals surface area contributed by atoms with Crippen LogP contribution in [0.2, 0.25) is 0 Å². The number of nitrogens with zero attached hydrogens (tertiary/aromatic N) is 1. The second-order valence-electron chi connectivity index (χ2n) is 18.7. The maximum atomic E-state index is 2.59. The zero-order valence-corrected chi connectivity index (χ0v) is 37.1. The molecular formula is C67H41N. The Labute approximate surface area is 394 Å². The van der Waals surface area contributed by atoms with Gasteiger partial charge in [0, 0.05) is 10.8 Å². The molecule has 0 fully saturated rings. The normalized spacial score (nSPS) is 13.4. The molecule has 2 aliphatic rings. The van der Waals surface area contributed by atoms with Crippen molar-refractivity contribution in [3.63, 3.8) is 0 Å². The molecule has 0 aromatic heterocycles. The smallest absolute Gasteiger partial charge is 0.0754 e. The average Bonchev–Trinajstić information content (AvgIpc) is 3.68. The number of para-hydroxylation sites is 2. The lowest BCUT2D eigenvalue weighted by Crippen LogP contribution is -2.36. The lowest BCUT2D eigenvalue weighted by atomic mass is 9.64. The van der Waals surface area contributed by atoms with E-state index in [0.29, 0.717) is 0 Å². The van der Waals surface area contributed by atoms with E-state index in [1.54, 1.807) is 0 Å². The van der Waals surface area contributed by atoms with E-state index in [0.717, 1.165) is 0 Å². The first-order valence-corrected chi connectivity index (χ1v) is 23.7. The van der Waals surface area contributed by atoms with Gasteiger partial charge in [0.05, 0.1) is 22.5 Å². The molecule has 0 radical (unpaired) electrons. The highest BCUT2D eigenvalue weighted by molar-refractivity contribution is 6.17. The van der Waals surface area contributed by atoms with Gasteiger partial charge < -0.3 is 4.90 Å². The molecule has 13 aromatic rings. The summed E-state index contributed by atoms with van der Waals surface area (Å²) in [5.41, 5.74) is 15.6. The van der Waals surface area contributed by atoms with Crippen molar-refractivity contribution >= 4 is 81.7 Å². The monoisotopic (exact) mass is 859 g/mol. The summed E-state index contributed by atoms with van der Waals surface area (Å²) in [5, 5.41) is 15.0. The van der Waals surface area contributed by atoms with Gasteiger partial charge in [-0.25, -0.2) is 0 Å². The Bertz CT molecular complexity index is 3910. The van der Waals surface area contributed by atoms with Crippen LogP contribution in [0.4, 0.5) is 17.1 Å². The van der Waals surface area contributed by atoms with Crippen LogP contribution in [-0.2, 0) is 5.41 Å². The summed E-state index contributed by atoms with van der Waals surface area (Å²) < 4.78 is 0. The predicted octanol–water partition coefficient (Wildman–Crippen LogP) is 18.1. The van der Waals surface area contributed by atoms with E-state index >= 15 is 0 Å². The van der Waals surface area contributed by atoms with E-state index in [2.05, 4.69) is 254 Å². The second-order valence-corrected chi connectivity index (χ2v) is 18.7. The maximum Gasteiger partial charge on any atom is 0.0754 e. The third-order valence-electron chi connectivity index (χ3n) is 15.3. The molecule has 0 bridgehead atoms. The largest absolute Gasteiger partial charge is 0.309 e. The van der Waals surface area contributed by atoms with E-state index in [4.69, 9.17) is 0 Å². The summed E-state index contributed by atoms with van der Waals surface area (Å²) in [6.07, 6.45) is 0. The van der Waals surface area contributed by atoms with Crippen LogP contribution in [0, 0.1) is 0 Å². The van der Waals surface area contributed by atoms with Crippen LogP contribution in [0.1, 0.15) is 22.3 Å². The SMILES string of the molecule is c1ccc2c(c1)N(c1c3ccccc3cc3ccccc13)c1ccccc1C21c2cc(-c3c4ccccc4cc4ccccc34)ccc2-c2ccc(-c3c4ccccc4cc4ccccc34)cc21. The van der Waals surface area contributed by atoms with Crippen LogP contribution in [0.15, 0.2) is 249 Å². The van der Waals surface area contributed by atoms with Gasteiger partial charge in [-0.2, -0.15) is 0 Å². The maximum absolute atomic E-state index is 2.59. The lowest BCUT2D eigenvalue weighted by Gasteiger charge is -2.45. The highest BCUT2D eigenvalue weighted by atomic mass is 15.2. The zero-order valence-electron chi connectivity index (χ0n) is 37.1. The van der Waals surface area contributed by atoms with Crippen molar-refractivity contribution in [2.45, 2.75) is 5.41 Å². The fourth-order valence-corrected chi connectivity index (χ4v) is 12.6. The minimum atomic E-state index is -0.679. The Balaban J connectivity index is 1.09. The van der Waals surface area contributed by atoms with Crippen LogP contribution in [-0.4, -0.2) is 0 Å². The number of fused-ring (bicyclic) bond motifs is 15. The van der Waals surface area contributed by atoms with Gasteiger partial charge in [-0.3, -0.25) is 0 Å². The molecule has 1 heteroatoms. The molecule has 1 nitrogen and oxygen atoms in total. The number of hydrogen-bond donors (Lipinski definition) is 0. The standard InChI is InChI=1S/C67H41N/c1-7-23-50-42(17-1)37-43-18-2-8-24-51(43)64(50)48-33-35-56-57-36-34-49(65-52-25-9-3-19-44(52)38-45-20-4-10-26-53(45)65)41-61(57)67(60(56)40-48)58-29-13-15-31-62(58)68(63-32-16-14-30-59(63)67)66-54-27-11-5-21-46(54)39-47-22-6-12-28-55(47)66/h1-41H. The summed E-state index contributed by atoms with van der Waals surface area (Å²) in [4.78, 5) is 2.59. The van der Waals surface area contributed by atoms with Gasteiger partial charge >= 0.3 is 0 Å². The Morgan fingerprint density at radius 1 is 0.250 bits per heavy atom. The van der Waals surface area contributed by atoms with Crippen molar-refractivity contribution in [3.05, 3.63) is 271 Å². The van der Waals surface area contributed by atoms with Crippen LogP contribution >= 0.6 is 0 Å². The highest BCUT2D eigenvalue weighted by Crippen LogP contribution is 2.65. The lowest BCUT2D eigenvalue weighted by molar-refractivity contribution is 0.754. The number of benzene rings is 13. The van der Waals surface area contributed by atoms with E-state index in [1.165, 1.54) is 137 Å². The molecule has 1 aliphatic carbocycles. The Morgan fingerprint density at radius 3 is 0.941 bits per heavy atom. The highest BCUT2D eigenvalue weighted by Gasteiger charge is 2.52. The molecule has 15 rings (SSSR count). The van der Waals surface area contributed by atoms with E-state index in [1.807, 2.05) is 0 Å². The van der Waals surface area contributed by atoms with Crippen LogP contribution < -0.4 is 4.90 Å². The molecule has 0 unspecified atom stereocenters. The average molecular weight is 860 g/mol. The third-order valence-corrected chi connectivity index (χ3v) is 15.3. The molecule has 0 atom stereocenters.